The van der Waals surface area contributed by atoms with E-state index in [-0.39, 0.29) is 12.0 Å². The first kappa shape index (κ1) is 27.7. The van der Waals surface area contributed by atoms with Gasteiger partial charge < -0.3 is 4.42 Å². The van der Waals surface area contributed by atoms with E-state index in [9.17, 15) is 0 Å². The van der Waals surface area contributed by atoms with Crippen LogP contribution in [0.2, 0.25) is 0 Å². The molecular weight excluding hydrogens is 576 g/mol. The fraction of sp³-hybridized carbons (Fsp3) is 0.167. The van der Waals surface area contributed by atoms with Crippen LogP contribution in [0.1, 0.15) is 46.6 Å². The SMILES string of the molecule is C=CC1=NC2CC(=C)[n+]3c(n(-c4ccccc4)c4cnccc43)-c3c(cc(C)c4c3oc3cc(C)ccc34)CCC2c2ccccc21. The molecule has 5 heteroatoms. The van der Waals surface area contributed by atoms with Crippen LogP contribution >= 0.6 is 0 Å². The van der Waals surface area contributed by atoms with Crippen LogP contribution in [-0.4, -0.2) is 21.3 Å². The second-order valence-electron chi connectivity index (χ2n) is 13.0. The van der Waals surface area contributed by atoms with E-state index in [1.807, 2.05) is 18.5 Å². The van der Waals surface area contributed by atoms with Crippen molar-refractivity contribution in [1.29, 1.82) is 0 Å². The third kappa shape index (κ3) is 4.12. The molecule has 0 amide bonds. The third-order valence-electron chi connectivity index (χ3n) is 10.2. The summed E-state index contributed by atoms with van der Waals surface area (Å²) in [6, 6.07) is 30.4. The Morgan fingerprint density at radius 2 is 1.81 bits per heavy atom. The van der Waals surface area contributed by atoms with Crippen LogP contribution in [0.3, 0.4) is 0 Å². The van der Waals surface area contributed by atoms with Gasteiger partial charge in [-0.1, -0.05) is 73.8 Å². The maximum absolute atomic E-state index is 6.95. The number of furan rings is 1. The predicted molar refractivity (Wildman–Crippen MR) is 191 cm³/mol. The smallest absolute Gasteiger partial charge is 0.304 e. The molecule has 0 N–H and O–H groups in total. The van der Waals surface area contributed by atoms with Crippen molar-refractivity contribution in [3.8, 4) is 17.1 Å². The summed E-state index contributed by atoms with van der Waals surface area (Å²) < 4.78 is 11.6. The van der Waals surface area contributed by atoms with Gasteiger partial charge in [-0.15, -0.1) is 0 Å². The van der Waals surface area contributed by atoms with Gasteiger partial charge >= 0.3 is 5.82 Å². The largest absolute Gasteiger partial charge is 0.455 e. The quantitative estimate of drug-likeness (QED) is 0.183. The highest BCUT2D eigenvalue weighted by Gasteiger charge is 2.39. The minimum absolute atomic E-state index is 0.0308. The first-order chi connectivity index (χ1) is 23.0. The fourth-order valence-electron chi connectivity index (χ4n) is 8.16. The Balaban J connectivity index is 1.42. The van der Waals surface area contributed by atoms with Gasteiger partial charge in [0.15, 0.2) is 16.6 Å². The first-order valence-electron chi connectivity index (χ1n) is 16.4. The van der Waals surface area contributed by atoms with Crippen LogP contribution in [0.25, 0.3) is 55.7 Å². The molecule has 0 radical (unpaired) electrons. The molecule has 0 aliphatic carbocycles. The van der Waals surface area contributed by atoms with Crippen molar-refractivity contribution in [1.82, 2.24) is 9.55 Å². The van der Waals surface area contributed by atoms with Crippen LogP contribution in [-0.2, 0) is 6.42 Å². The molecular formula is C42H35N4O+. The molecule has 0 bridgehead atoms. The average Bonchev–Trinajstić information content (AvgIpc) is 3.64. The minimum atomic E-state index is 0.0308. The fourth-order valence-corrected chi connectivity index (χ4v) is 8.16. The number of aromatic nitrogens is 3. The summed E-state index contributed by atoms with van der Waals surface area (Å²) >= 11 is 0. The topological polar surface area (TPSA) is 47.2 Å². The maximum atomic E-state index is 6.95. The van der Waals surface area contributed by atoms with Gasteiger partial charge in [-0.2, -0.15) is 9.13 Å². The highest BCUT2D eigenvalue weighted by atomic mass is 16.3. The highest BCUT2D eigenvalue weighted by molar-refractivity contribution is 6.12. The summed E-state index contributed by atoms with van der Waals surface area (Å²) in [4.78, 5) is 9.97. The zero-order valence-corrected chi connectivity index (χ0v) is 26.7. The Hall–Kier alpha value is -5.55. The lowest BCUT2D eigenvalue weighted by atomic mass is 9.78. The van der Waals surface area contributed by atoms with E-state index in [1.54, 1.807) is 0 Å². The number of pyridine rings is 1. The second-order valence-corrected chi connectivity index (χ2v) is 13.0. The van der Waals surface area contributed by atoms with Gasteiger partial charge in [-0.3, -0.25) is 9.98 Å². The summed E-state index contributed by atoms with van der Waals surface area (Å²) in [5.41, 5.74) is 14.2. The van der Waals surface area contributed by atoms with Gasteiger partial charge in [0.1, 0.15) is 22.5 Å². The summed E-state index contributed by atoms with van der Waals surface area (Å²) in [6.07, 6.45) is 8.27. The van der Waals surface area contributed by atoms with Crippen LogP contribution in [0.5, 0.6) is 0 Å². The van der Waals surface area contributed by atoms with Crippen molar-refractivity contribution >= 4 is 44.4 Å². The summed E-state index contributed by atoms with van der Waals surface area (Å²) in [6.45, 7) is 13.3. The zero-order valence-electron chi connectivity index (χ0n) is 26.7. The zero-order chi connectivity index (χ0) is 31.8. The first-order valence-corrected chi connectivity index (χ1v) is 16.4. The molecule has 0 saturated heterocycles. The Morgan fingerprint density at radius 3 is 2.66 bits per heavy atom. The van der Waals surface area contributed by atoms with Crippen LogP contribution in [0, 0.1) is 13.8 Å². The lowest BCUT2D eigenvalue weighted by Crippen LogP contribution is -2.38. The number of imidazole rings is 1. The number of para-hydroxylation sites is 1. The summed E-state index contributed by atoms with van der Waals surface area (Å²) in [7, 11) is 0. The second kappa shape index (κ2) is 10.5. The summed E-state index contributed by atoms with van der Waals surface area (Å²) in [5.74, 6) is 1.27. The predicted octanol–water partition coefficient (Wildman–Crippen LogP) is 9.44. The van der Waals surface area contributed by atoms with Crippen LogP contribution < -0.4 is 4.57 Å². The maximum Gasteiger partial charge on any atom is 0.304 e. The Labute approximate surface area is 273 Å². The standard InChI is InChI=1S/C42H35N4O/c1-5-34-31-14-10-9-13-30(31)32-18-16-28-22-26(3)39-33-17-15-25(2)21-38(33)47-41(39)40(28)42-45(27(4)23-35(32)44-34)36-19-20-43-24-37(36)46(42)29-11-7-6-8-12-29/h5-15,17,19-22,24,32,35H,1,4,16,18,23H2,2-3H3/q+1. The molecule has 47 heavy (non-hydrogen) atoms. The van der Waals surface area contributed by atoms with E-state index in [4.69, 9.17) is 16.0 Å². The van der Waals surface area contributed by atoms with Gasteiger partial charge in [-0.25, -0.2) is 0 Å². The van der Waals surface area contributed by atoms with Crippen molar-refractivity contribution < 1.29 is 8.98 Å². The molecule has 2 atom stereocenters. The molecule has 9 rings (SSSR count). The number of hydrogen-bond donors (Lipinski definition) is 0. The number of hydrogen-bond acceptors (Lipinski definition) is 3. The van der Waals surface area contributed by atoms with Crippen molar-refractivity contribution in [2.75, 3.05) is 0 Å². The Kier molecular flexibility index (Phi) is 6.19. The number of benzene rings is 4. The van der Waals surface area contributed by atoms with Gasteiger partial charge in [0.25, 0.3) is 0 Å². The van der Waals surface area contributed by atoms with Crippen LogP contribution in [0.4, 0.5) is 0 Å². The number of rotatable bonds is 2. The molecule has 7 aromatic rings. The molecule has 3 aromatic heterocycles. The molecule has 228 valence electrons. The number of fused-ring (bicyclic) bond motifs is 12. The lowest BCUT2D eigenvalue weighted by Gasteiger charge is -2.32. The van der Waals surface area contributed by atoms with Crippen molar-refractivity contribution in [3.05, 3.63) is 144 Å². The number of allylic oxidation sites excluding steroid dienone is 1. The van der Waals surface area contributed by atoms with Crippen molar-refractivity contribution in [2.45, 2.75) is 45.1 Å². The number of nitrogens with zero attached hydrogens (tertiary/aromatic N) is 4. The van der Waals surface area contributed by atoms with E-state index >= 15 is 0 Å². The minimum Gasteiger partial charge on any atom is -0.455 e. The van der Waals surface area contributed by atoms with Gasteiger partial charge in [-0.05, 0) is 73.2 Å². The Bertz CT molecular complexity index is 2460. The number of aliphatic imine (C=N–C) groups is 1. The van der Waals surface area contributed by atoms with Gasteiger partial charge in [0, 0.05) is 40.9 Å². The molecule has 0 saturated carbocycles. The molecule has 2 unspecified atom stereocenters. The molecule has 5 nitrogen and oxygen atoms in total. The monoisotopic (exact) mass is 611 g/mol. The van der Waals surface area contributed by atoms with Gasteiger partial charge in [0.05, 0.1) is 18.0 Å². The van der Waals surface area contributed by atoms with Crippen molar-refractivity contribution in [2.24, 2.45) is 4.99 Å². The van der Waals surface area contributed by atoms with Crippen molar-refractivity contribution in [3.63, 3.8) is 0 Å². The summed E-state index contributed by atoms with van der Waals surface area (Å²) in [5, 5.41) is 2.31. The molecule has 2 aliphatic heterocycles. The van der Waals surface area contributed by atoms with Crippen LogP contribution in [0.15, 0.2) is 126 Å². The molecule has 0 fully saturated rings. The van der Waals surface area contributed by atoms with E-state index in [2.05, 4.69) is 119 Å². The van der Waals surface area contributed by atoms with E-state index in [0.717, 1.165) is 74.3 Å². The van der Waals surface area contributed by atoms with Gasteiger partial charge in [0.2, 0.25) is 0 Å². The molecule has 2 aliphatic rings. The molecule has 5 heterocycles. The molecule has 4 aromatic carbocycles. The van der Waals surface area contributed by atoms with E-state index < -0.39 is 0 Å². The molecule has 0 spiro atoms. The average molecular weight is 612 g/mol. The normalized spacial score (nSPS) is 17.6. The highest BCUT2D eigenvalue weighted by Crippen LogP contribution is 2.45. The lowest BCUT2D eigenvalue weighted by molar-refractivity contribution is -0.542. The number of aryl methyl sites for hydroxylation is 3. The Morgan fingerprint density at radius 1 is 0.979 bits per heavy atom. The van der Waals surface area contributed by atoms with E-state index in [1.165, 1.54) is 27.8 Å². The van der Waals surface area contributed by atoms with E-state index in [0.29, 0.717) is 6.42 Å². The third-order valence-corrected chi connectivity index (χ3v) is 10.2.